The smallest absolute Gasteiger partial charge is 0.161 e. The largest absolute Gasteiger partial charge is 0.335 e. The predicted molar refractivity (Wildman–Crippen MR) is 88.9 cm³/mol. The Balaban J connectivity index is 1.54. The van der Waals surface area contributed by atoms with Gasteiger partial charge in [-0.3, -0.25) is 4.99 Å². The molecule has 1 aliphatic carbocycles. The van der Waals surface area contributed by atoms with Crippen LogP contribution in [-0.4, -0.2) is 21.9 Å². The van der Waals surface area contributed by atoms with Crippen LogP contribution >= 0.6 is 23.1 Å². The van der Waals surface area contributed by atoms with E-state index >= 15 is 0 Å². The Bertz CT molecular complexity index is 649. The highest BCUT2D eigenvalue weighted by atomic mass is 32.2. The third-order valence-electron chi connectivity index (χ3n) is 4.17. The first-order valence-corrected chi connectivity index (χ1v) is 9.06. The molecule has 0 bridgehead atoms. The Morgan fingerprint density at radius 3 is 3.15 bits per heavy atom. The number of hydrogen-bond acceptors (Lipinski definition) is 5. The van der Waals surface area contributed by atoms with Crippen LogP contribution in [0.25, 0.3) is 10.2 Å². The summed E-state index contributed by atoms with van der Waals surface area (Å²) in [6.07, 6.45) is 5.36. The standard InChI is InChI=1S/C15H17N3S2/c1-2-4-12-10(3-1)8-19-15(18-12)17-11-5-6-13-14(7-11)20-9-16-13/h5-7,9-10,12H,1-4,8H2,(H,17,18). The zero-order valence-electron chi connectivity index (χ0n) is 11.2. The van der Waals surface area contributed by atoms with Crippen molar-refractivity contribution in [3.8, 4) is 0 Å². The number of fused-ring (bicyclic) bond motifs is 2. The Kier molecular flexibility index (Phi) is 3.40. The maximum atomic E-state index is 4.92. The van der Waals surface area contributed by atoms with E-state index in [0.29, 0.717) is 6.04 Å². The molecule has 2 atom stereocenters. The van der Waals surface area contributed by atoms with Gasteiger partial charge in [-0.05, 0) is 37.0 Å². The number of rotatable bonds is 1. The van der Waals surface area contributed by atoms with Gasteiger partial charge in [-0.15, -0.1) is 11.3 Å². The zero-order valence-corrected chi connectivity index (χ0v) is 12.8. The number of nitrogens with zero attached hydrogens (tertiary/aromatic N) is 2. The molecule has 20 heavy (non-hydrogen) atoms. The first kappa shape index (κ1) is 12.7. The summed E-state index contributed by atoms with van der Waals surface area (Å²) in [6.45, 7) is 0. The summed E-state index contributed by atoms with van der Waals surface area (Å²) >= 11 is 3.56. The monoisotopic (exact) mass is 303 g/mol. The molecule has 1 N–H and O–H groups in total. The quantitative estimate of drug-likeness (QED) is 0.850. The van der Waals surface area contributed by atoms with E-state index in [9.17, 15) is 0 Å². The van der Waals surface area contributed by atoms with E-state index in [-0.39, 0.29) is 0 Å². The van der Waals surface area contributed by atoms with Crippen molar-refractivity contribution in [2.24, 2.45) is 10.9 Å². The van der Waals surface area contributed by atoms with Gasteiger partial charge < -0.3 is 5.32 Å². The summed E-state index contributed by atoms with van der Waals surface area (Å²) in [5.74, 6) is 2.03. The van der Waals surface area contributed by atoms with Gasteiger partial charge in [0.05, 0.1) is 21.8 Å². The molecule has 5 heteroatoms. The average molecular weight is 303 g/mol. The molecular weight excluding hydrogens is 286 g/mol. The minimum atomic E-state index is 0.555. The molecule has 1 aliphatic heterocycles. The lowest BCUT2D eigenvalue weighted by Crippen LogP contribution is -2.31. The molecular formula is C15H17N3S2. The Labute approximate surface area is 126 Å². The van der Waals surface area contributed by atoms with Crippen molar-refractivity contribution in [3.63, 3.8) is 0 Å². The number of anilines is 1. The van der Waals surface area contributed by atoms with E-state index in [0.717, 1.165) is 22.3 Å². The van der Waals surface area contributed by atoms with Crippen molar-refractivity contribution in [2.75, 3.05) is 11.1 Å². The highest BCUT2D eigenvalue weighted by Crippen LogP contribution is 2.34. The van der Waals surface area contributed by atoms with Crippen LogP contribution in [0.5, 0.6) is 0 Å². The normalized spacial score (nSPS) is 26.1. The topological polar surface area (TPSA) is 37.3 Å². The molecule has 4 rings (SSSR count). The third-order valence-corrected chi connectivity index (χ3v) is 6.04. The van der Waals surface area contributed by atoms with E-state index < -0.39 is 0 Å². The maximum absolute atomic E-state index is 4.92. The summed E-state index contributed by atoms with van der Waals surface area (Å²) in [5.41, 5.74) is 4.10. The molecule has 0 saturated heterocycles. The van der Waals surface area contributed by atoms with Crippen LogP contribution in [0.15, 0.2) is 28.7 Å². The number of aliphatic imine (C=N–C) groups is 1. The van der Waals surface area contributed by atoms with Crippen LogP contribution in [0.2, 0.25) is 0 Å². The van der Waals surface area contributed by atoms with Crippen LogP contribution in [-0.2, 0) is 0 Å². The number of thioether (sulfide) groups is 1. The SMILES string of the molecule is c1nc2ccc(NC3=NC4CCCCC4CS3)cc2s1. The number of hydrogen-bond donors (Lipinski definition) is 1. The van der Waals surface area contributed by atoms with Gasteiger partial charge >= 0.3 is 0 Å². The van der Waals surface area contributed by atoms with Gasteiger partial charge in [0, 0.05) is 11.4 Å². The molecule has 1 aromatic carbocycles. The van der Waals surface area contributed by atoms with E-state index in [2.05, 4.69) is 28.5 Å². The molecule has 2 aliphatic rings. The lowest BCUT2D eigenvalue weighted by molar-refractivity contribution is 0.336. The highest BCUT2D eigenvalue weighted by Gasteiger charge is 2.29. The van der Waals surface area contributed by atoms with Crippen LogP contribution in [0.3, 0.4) is 0 Å². The fourth-order valence-electron chi connectivity index (χ4n) is 3.05. The van der Waals surface area contributed by atoms with Crippen molar-refractivity contribution in [2.45, 2.75) is 31.7 Å². The molecule has 1 saturated carbocycles. The van der Waals surface area contributed by atoms with Crippen molar-refractivity contribution < 1.29 is 0 Å². The van der Waals surface area contributed by atoms with Crippen molar-refractivity contribution in [1.29, 1.82) is 0 Å². The summed E-state index contributed by atoms with van der Waals surface area (Å²) in [6, 6.07) is 6.90. The summed E-state index contributed by atoms with van der Waals surface area (Å²) in [4.78, 5) is 9.24. The molecule has 1 aromatic heterocycles. The lowest BCUT2D eigenvalue weighted by atomic mass is 9.86. The predicted octanol–water partition coefficient (Wildman–Crippen LogP) is 4.37. The minimum absolute atomic E-state index is 0.555. The van der Waals surface area contributed by atoms with Crippen molar-refractivity contribution in [1.82, 2.24) is 4.98 Å². The second kappa shape index (κ2) is 5.37. The Morgan fingerprint density at radius 2 is 2.15 bits per heavy atom. The Morgan fingerprint density at radius 1 is 1.20 bits per heavy atom. The van der Waals surface area contributed by atoms with Gasteiger partial charge in [-0.25, -0.2) is 4.98 Å². The van der Waals surface area contributed by atoms with Crippen LogP contribution in [0, 0.1) is 5.92 Å². The van der Waals surface area contributed by atoms with Gasteiger partial charge in [0.15, 0.2) is 5.17 Å². The van der Waals surface area contributed by atoms with Gasteiger partial charge in [-0.1, -0.05) is 24.6 Å². The molecule has 0 radical (unpaired) electrons. The number of amidine groups is 1. The van der Waals surface area contributed by atoms with Gasteiger partial charge in [0.1, 0.15) is 0 Å². The second-order valence-corrected chi connectivity index (χ2v) is 7.41. The maximum Gasteiger partial charge on any atom is 0.161 e. The fourth-order valence-corrected chi connectivity index (χ4v) is 4.93. The lowest BCUT2D eigenvalue weighted by Gasteiger charge is -2.32. The summed E-state index contributed by atoms with van der Waals surface area (Å²) < 4.78 is 1.23. The molecule has 1 fully saturated rings. The van der Waals surface area contributed by atoms with Gasteiger partial charge in [0.2, 0.25) is 0 Å². The number of nitrogens with one attached hydrogen (secondary N) is 1. The van der Waals surface area contributed by atoms with Crippen molar-refractivity contribution >= 4 is 44.2 Å². The second-order valence-electron chi connectivity index (χ2n) is 5.52. The zero-order chi connectivity index (χ0) is 13.4. The Hall–Kier alpha value is -1.07. The molecule has 2 heterocycles. The summed E-state index contributed by atoms with van der Waals surface area (Å²) in [7, 11) is 0. The van der Waals surface area contributed by atoms with Crippen LogP contribution in [0.4, 0.5) is 5.69 Å². The van der Waals surface area contributed by atoms with E-state index in [1.807, 2.05) is 17.3 Å². The summed E-state index contributed by atoms with van der Waals surface area (Å²) in [5, 5.41) is 4.58. The number of aromatic nitrogens is 1. The minimum Gasteiger partial charge on any atom is -0.335 e. The van der Waals surface area contributed by atoms with E-state index in [4.69, 9.17) is 4.99 Å². The highest BCUT2D eigenvalue weighted by molar-refractivity contribution is 8.14. The number of thiazole rings is 1. The molecule has 0 amide bonds. The van der Waals surface area contributed by atoms with E-state index in [1.165, 1.54) is 36.1 Å². The van der Waals surface area contributed by atoms with Crippen molar-refractivity contribution in [3.05, 3.63) is 23.7 Å². The third kappa shape index (κ3) is 2.44. The first-order chi connectivity index (χ1) is 9.88. The van der Waals surface area contributed by atoms with E-state index in [1.54, 1.807) is 11.3 Å². The fraction of sp³-hybridized carbons (Fsp3) is 0.467. The molecule has 2 unspecified atom stereocenters. The molecule has 0 spiro atoms. The van der Waals surface area contributed by atoms with Gasteiger partial charge in [0.25, 0.3) is 0 Å². The first-order valence-electron chi connectivity index (χ1n) is 7.19. The molecule has 104 valence electrons. The van der Waals surface area contributed by atoms with Crippen LogP contribution in [0.1, 0.15) is 25.7 Å². The van der Waals surface area contributed by atoms with Gasteiger partial charge in [-0.2, -0.15) is 0 Å². The molecule has 2 aromatic rings. The number of benzene rings is 1. The van der Waals surface area contributed by atoms with Crippen LogP contribution < -0.4 is 5.32 Å². The average Bonchev–Trinajstić information content (AvgIpc) is 2.95. The molecule has 3 nitrogen and oxygen atoms in total.